The molecule has 0 unspecified atom stereocenters. The summed E-state index contributed by atoms with van der Waals surface area (Å²) in [5.74, 6) is 0.427. The van der Waals surface area contributed by atoms with Crippen LogP contribution >= 0.6 is 22.9 Å². The van der Waals surface area contributed by atoms with Gasteiger partial charge in [0.15, 0.2) is 0 Å². The number of hydrogen-bond donors (Lipinski definition) is 0. The summed E-state index contributed by atoms with van der Waals surface area (Å²) in [7, 11) is 0. The molecule has 0 radical (unpaired) electrons. The average molecular weight is 323 g/mol. The second-order valence-electron chi connectivity index (χ2n) is 4.59. The van der Waals surface area contributed by atoms with Gasteiger partial charge in [-0.3, -0.25) is 0 Å². The molecule has 0 saturated carbocycles. The Kier molecular flexibility index (Phi) is 3.78. The highest BCUT2D eigenvalue weighted by atomic mass is 35.5. The monoisotopic (exact) mass is 322 g/mol. The molecule has 0 fully saturated rings. The van der Waals surface area contributed by atoms with Gasteiger partial charge in [-0.1, -0.05) is 13.0 Å². The van der Waals surface area contributed by atoms with Crippen LogP contribution in [0.1, 0.15) is 17.4 Å². The number of fused-ring (bicyclic) bond motifs is 1. The minimum absolute atomic E-state index is 0.121. The summed E-state index contributed by atoms with van der Waals surface area (Å²) in [5, 5.41) is 0.918. The van der Waals surface area contributed by atoms with Crippen molar-refractivity contribution >= 4 is 33.2 Å². The van der Waals surface area contributed by atoms with E-state index < -0.39 is 0 Å². The zero-order chi connectivity index (χ0) is 15.0. The van der Waals surface area contributed by atoms with E-state index in [0.717, 1.165) is 22.2 Å². The molecule has 0 N–H and O–H groups in total. The molecule has 0 saturated heterocycles. The second-order valence-corrected chi connectivity index (χ2v) is 6.05. The maximum absolute atomic E-state index is 13.4. The van der Waals surface area contributed by atoms with Gasteiger partial charge in [-0.15, -0.1) is 11.3 Å². The van der Waals surface area contributed by atoms with Crippen molar-refractivity contribution in [2.24, 2.45) is 0 Å². The first-order chi connectivity index (χ1) is 10.1. The van der Waals surface area contributed by atoms with E-state index in [2.05, 4.69) is 16.9 Å². The summed E-state index contributed by atoms with van der Waals surface area (Å²) < 4.78 is 19.1. The minimum Gasteiger partial charge on any atom is -0.438 e. The maximum Gasteiger partial charge on any atom is 0.232 e. The molecule has 0 aliphatic carbocycles. The smallest absolute Gasteiger partial charge is 0.232 e. The Bertz CT molecular complexity index is 819. The van der Waals surface area contributed by atoms with Crippen LogP contribution in [0.4, 0.5) is 4.39 Å². The zero-order valence-electron chi connectivity index (χ0n) is 11.5. The number of aryl methyl sites for hydroxylation is 2. The van der Waals surface area contributed by atoms with E-state index in [4.69, 9.17) is 16.3 Å². The summed E-state index contributed by atoms with van der Waals surface area (Å²) >= 11 is 7.50. The van der Waals surface area contributed by atoms with Crippen LogP contribution in [0.5, 0.6) is 11.6 Å². The molecule has 3 nitrogen and oxygen atoms in total. The third-order valence-electron chi connectivity index (χ3n) is 3.09. The van der Waals surface area contributed by atoms with Gasteiger partial charge < -0.3 is 4.74 Å². The lowest BCUT2D eigenvalue weighted by molar-refractivity contribution is 0.460. The topological polar surface area (TPSA) is 35.0 Å². The number of rotatable bonds is 3. The largest absolute Gasteiger partial charge is 0.438 e. The zero-order valence-corrected chi connectivity index (χ0v) is 13.1. The highest BCUT2D eigenvalue weighted by Crippen LogP contribution is 2.35. The number of halogens is 2. The lowest BCUT2D eigenvalue weighted by atomic mass is 10.2. The Morgan fingerprint density at radius 2 is 2.10 bits per heavy atom. The molecular weight excluding hydrogens is 311 g/mol. The lowest BCUT2D eigenvalue weighted by Crippen LogP contribution is -1.93. The molecule has 0 bridgehead atoms. The first-order valence-electron chi connectivity index (χ1n) is 6.46. The van der Waals surface area contributed by atoms with Crippen molar-refractivity contribution in [3.8, 4) is 11.6 Å². The molecule has 2 aromatic heterocycles. The Hall–Kier alpha value is -1.72. The van der Waals surface area contributed by atoms with Gasteiger partial charge in [-0.05, 0) is 42.6 Å². The van der Waals surface area contributed by atoms with Crippen molar-refractivity contribution in [2.45, 2.75) is 20.3 Å². The number of ether oxygens (including phenoxy) is 1. The average Bonchev–Trinajstić information content (AvgIpc) is 2.86. The van der Waals surface area contributed by atoms with Gasteiger partial charge in [0.05, 0.1) is 5.39 Å². The van der Waals surface area contributed by atoms with E-state index in [1.165, 1.54) is 17.0 Å². The molecule has 3 rings (SSSR count). The molecule has 21 heavy (non-hydrogen) atoms. The number of nitrogens with zero attached hydrogens (tertiary/aromatic N) is 2. The number of benzene rings is 1. The predicted molar refractivity (Wildman–Crippen MR) is 83.0 cm³/mol. The van der Waals surface area contributed by atoms with E-state index in [1.54, 1.807) is 17.4 Å². The molecule has 6 heteroatoms. The van der Waals surface area contributed by atoms with Crippen LogP contribution in [0.15, 0.2) is 24.3 Å². The summed E-state index contributed by atoms with van der Waals surface area (Å²) in [6.45, 7) is 3.91. The molecule has 2 heterocycles. The third-order valence-corrected chi connectivity index (χ3v) is 4.43. The van der Waals surface area contributed by atoms with E-state index >= 15 is 0 Å². The summed E-state index contributed by atoms with van der Waals surface area (Å²) in [6.07, 6.45) is 0.900. The standard InChI is InChI=1S/C15H12ClFN2OS/c1-3-10-7-11-13(18-15(16)19-14(11)21-10)20-12-6-9(17)5-4-8(12)2/h4-7H,3H2,1-2H3. The van der Waals surface area contributed by atoms with Gasteiger partial charge in [0.25, 0.3) is 0 Å². The fraction of sp³-hybridized carbons (Fsp3) is 0.200. The van der Waals surface area contributed by atoms with Gasteiger partial charge in [-0.2, -0.15) is 4.98 Å². The summed E-state index contributed by atoms with van der Waals surface area (Å²) in [6, 6.07) is 6.38. The maximum atomic E-state index is 13.4. The van der Waals surface area contributed by atoms with Crippen LogP contribution in [0.3, 0.4) is 0 Å². The molecule has 0 amide bonds. The summed E-state index contributed by atoms with van der Waals surface area (Å²) in [5.41, 5.74) is 0.824. The van der Waals surface area contributed by atoms with E-state index in [-0.39, 0.29) is 11.1 Å². The second kappa shape index (κ2) is 5.58. The Morgan fingerprint density at radius 1 is 1.29 bits per heavy atom. The van der Waals surface area contributed by atoms with Crippen molar-refractivity contribution in [3.63, 3.8) is 0 Å². The first kappa shape index (κ1) is 14.2. The van der Waals surface area contributed by atoms with Crippen LogP contribution in [0.25, 0.3) is 10.2 Å². The predicted octanol–water partition coefficient (Wildman–Crippen LogP) is 5.15. The van der Waals surface area contributed by atoms with Crippen LogP contribution in [-0.4, -0.2) is 9.97 Å². The fourth-order valence-electron chi connectivity index (χ4n) is 1.96. The van der Waals surface area contributed by atoms with Gasteiger partial charge in [0.1, 0.15) is 16.4 Å². The highest BCUT2D eigenvalue weighted by Gasteiger charge is 2.13. The molecule has 1 aromatic carbocycles. The van der Waals surface area contributed by atoms with Crippen LogP contribution in [0, 0.1) is 12.7 Å². The summed E-state index contributed by atoms with van der Waals surface area (Å²) in [4.78, 5) is 10.3. The Morgan fingerprint density at radius 3 is 2.86 bits per heavy atom. The van der Waals surface area contributed by atoms with Crippen LogP contribution < -0.4 is 4.74 Å². The first-order valence-corrected chi connectivity index (χ1v) is 7.66. The van der Waals surface area contributed by atoms with Crippen molar-refractivity contribution < 1.29 is 9.13 Å². The third kappa shape index (κ3) is 2.84. The van der Waals surface area contributed by atoms with Crippen molar-refractivity contribution in [1.29, 1.82) is 0 Å². The van der Waals surface area contributed by atoms with Gasteiger partial charge >= 0.3 is 0 Å². The van der Waals surface area contributed by atoms with Crippen LogP contribution in [-0.2, 0) is 6.42 Å². The Balaban J connectivity index is 2.11. The number of thiophene rings is 1. The number of aromatic nitrogens is 2. The van der Waals surface area contributed by atoms with Gasteiger partial charge in [0, 0.05) is 10.9 Å². The van der Waals surface area contributed by atoms with E-state index in [9.17, 15) is 4.39 Å². The number of hydrogen-bond acceptors (Lipinski definition) is 4. The fourth-order valence-corrected chi connectivity index (χ4v) is 3.13. The molecule has 108 valence electrons. The van der Waals surface area contributed by atoms with Crippen molar-refractivity contribution in [2.75, 3.05) is 0 Å². The minimum atomic E-state index is -0.355. The van der Waals surface area contributed by atoms with Gasteiger partial charge in [0.2, 0.25) is 11.2 Å². The molecule has 0 atom stereocenters. The van der Waals surface area contributed by atoms with E-state index in [0.29, 0.717) is 11.6 Å². The van der Waals surface area contributed by atoms with Crippen LogP contribution in [0.2, 0.25) is 5.28 Å². The van der Waals surface area contributed by atoms with E-state index in [1.807, 2.05) is 13.0 Å². The molecule has 0 spiro atoms. The SMILES string of the molecule is CCc1cc2c(Oc3cc(F)ccc3C)nc(Cl)nc2s1. The Labute approximate surface area is 130 Å². The molecular formula is C15H12ClFN2OS. The van der Waals surface area contributed by atoms with Crippen molar-refractivity contribution in [1.82, 2.24) is 9.97 Å². The molecule has 0 aliphatic rings. The highest BCUT2D eigenvalue weighted by molar-refractivity contribution is 7.18. The van der Waals surface area contributed by atoms with Crippen molar-refractivity contribution in [3.05, 3.63) is 45.8 Å². The molecule has 3 aromatic rings. The van der Waals surface area contributed by atoms with Gasteiger partial charge in [-0.25, -0.2) is 9.37 Å². The quantitative estimate of drug-likeness (QED) is 0.626. The lowest BCUT2D eigenvalue weighted by Gasteiger charge is -2.08. The molecule has 0 aliphatic heterocycles. The normalized spacial score (nSPS) is 11.0.